The third kappa shape index (κ3) is 2.49. The molecule has 0 spiro atoms. The molecule has 1 aromatic carbocycles. The van der Waals surface area contributed by atoms with Crippen LogP contribution in [-0.2, 0) is 6.42 Å². The number of thiophene rings is 1. The zero-order valence-electron chi connectivity index (χ0n) is 9.84. The van der Waals surface area contributed by atoms with E-state index in [1.807, 2.05) is 6.07 Å². The third-order valence-electron chi connectivity index (χ3n) is 2.82. The van der Waals surface area contributed by atoms with Gasteiger partial charge in [0, 0.05) is 17.4 Å². The average Bonchev–Trinajstić information content (AvgIpc) is 2.87. The molecule has 0 radical (unpaired) electrons. The Morgan fingerprint density at radius 2 is 2.17 bits per heavy atom. The Balaban J connectivity index is 1.62. The number of hydrogen-bond acceptors (Lipinski definition) is 4. The lowest BCUT2D eigenvalue weighted by Gasteiger charge is -2.05. The second-order valence-corrected chi connectivity index (χ2v) is 5.01. The molecule has 4 heteroatoms. The molecule has 3 nitrogen and oxygen atoms in total. The highest BCUT2D eigenvalue weighted by Crippen LogP contribution is 2.21. The van der Waals surface area contributed by atoms with Crippen LogP contribution < -0.4 is 5.32 Å². The lowest BCUT2D eigenvalue weighted by atomic mass is 10.1. The molecule has 0 saturated carbocycles. The van der Waals surface area contributed by atoms with Crippen LogP contribution >= 0.6 is 11.3 Å². The number of nitrogens with one attached hydrogen (secondary N) is 1. The van der Waals surface area contributed by atoms with Crippen LogP contribution in [0.1, 0.15) is 5.56 Å². The Morgan fingerprint density at radius 3 is 3.06 bits per heavy atom. The van der Waals surface area contributed by atoms with Crippen LogP contribution in [0.4, 0.5) is 5.82 Å². The zero-order valence-corrected chi connectivity index (χ0v) is 10.7. The summed E-state index contributed by atoms with van der Waals surface area (Å²) in [7, 11) is 0. The van der Waals surface area contributed by atoms with E-state index in [9.17, 15) is 0 Å². The first-order valence-electron chi connectivity index (χ1n) is 5.88. The highest BCUT2D eigenvalue weighted by atomic mass is 32.1. The molecule has 0 amide bonds. The van der Waals surface area contributed by atoms with Crippen LogP contribution in [0.3, 0.4) is 0 Å². The molecule has 0 aliphatic heterocycles. The van der Waals surface area contributed by atoms with Gasteiger partial charge < -0.3 is 5.32 Å². The minimum absolute atomic E-state index is 0.876. The highest BCUT2D eigenvalue weighted by molar-refractivity contribution is 7.17. The van der Waals surface area contributed by atoms with E-state index in [2.05, 4.69) is 44.9 Å². The van der Waals surface area contributed by atoms with Gasteiger partial charge in [0.15, 0.2) is 0 Å². The van der Waals surface area contributed by atoms with Gasteiger partial charge in [-0.1, -0.05) is 12.1 Å². The summed E-state index contributed by atoms with van der Waals surface area (Å²) in [4.78, 5) is 8.02. The van der Waals surface area contributed by atoms with E-state index in [4.69, 9.17) is 0 Å². The largest absolute Gasteiger partial charge is 0.370 e. The number of hydrogen-bond donors (Lipinski definition) is 1. The summed E-state index contributed by atoms with van der Waals surface area (Å²) < 4.78 is 1.35. The normalized spacial score (nSPS) is 10.7. The summed E-state index contributed by atoms with van der Waals surface area (Å²) in [5.74, 6) is 0.876. The van der Waals surface area contributed by atoms with E-state index >= 15 is 0 Å². The first kappa shape index (κ1) is 11.2. The summed E-state index contributed by atoms with van der Waals surface area (Å²) in [6, 6.07) is 10.7. The van der Waals surface area contributed by atoms with Gasteiger partial charge in [0.05, 0.1) is 0 Å². The smallest absolute Gasteiger partial charge is 0.129 e. The molecular weight excluding hydrogens is 242 g/mol. The molecule has 0 saturated heterocycles. The minimum atomic E-state index is 0.876. The molecule has 90 valence electrons. The van der Waals surface area contributed by atoms with Crippen molar-refractivity contribution in [3.05, 3.63) is 53.8 Å². The summed E-state index contributed by atoms with van der Waals surface area (Å²) in [6.07, 6.45) is 4.29. The van der Waals surface area contributed by atoms with Crippen LogP contribution in [0.25, 0.3) is 10.1 Å². The van der Waals surface area contributed by atoms with Gasteiger partial charge in [0.2, 0.25) is 0 Å². The Hall–Kier alpha value is -1.94. The van der Waals surface area contributed by atoms with Crippen molar-refractivity contribution in [2.24, 2.45) is 0 Å². The van der Waals surface area contributed by atoms with Crippen molar-refractivity contribution in [1.82, 2.24) is 9.97 Å². The lowest BCUT2D eigenvalue weighted by molar-refractivity contribution is 1.00. The molecule has 0 unspecified atom stereocenters. The van der Waals surface area contributed by atoms with Gasteiger partial charge in [-0.25, -0.2) is 9.97 Å². The Bertz CT molecular complexity index is 634. The summed E-state index contributed by atoms with van der Waals surface area (Å²) in [5.41, 5.74) is 1.35. The van der Waals surface area contributed by atoms with Crippen molar-refractivity contribution in [3.8, 4) is 0 Å². The molecule has 0 aliphatic rings. The maximum Gasteiger partial charge on any atom is 0.129 e. The molecule has 0 fully saturated rings. The Morgan fingerprint density at radius 1 is 1.17 bits per heavy atom. The Labute approximate surface area is 110 Å². The fourth-order valence-electron chi connectivity index (χ4n) is 1.90. The molecule has 0 aliphatic carbocycles. The molecule has 2 aromatic heterocycles. The predicted molar refractivity (Wildman–Crippen MR) is 76.1 cm³/mol. The van der Waals surface area contributed by atoms with Crippen molar-refractivity contribution in [2.45, 2.75) is 6.42 Å². The summed E-state index contributed by atoms with van der Waals surface area (Å²) in [5, 5.41) is 6.75. The molecule has 18 heavy (non-hydrogen) atoms. The Kier molecular flexibility index (Phi) is 3.19. The van der Waals surface area contributed by atoms with Gasteiger partial charge in [0.25, 0.3) is 0 Å². The van der Waals surface area contributed by atoms with Crippen molar-refractivity contribution in [3.63, 3.8) is 0 Å². The van der Waals surface area contributed by atoms with Crippen molar-refractivity contribution in [1.29, 1.82) is 0 Å². The number of benzene rings is 1. The molecule has 1 N–H and O–H groups in total. The maximum absolute atomic E-state index is 4.13. The van der Waals surface area contributed by atoms with Gasteiger partial charge in [-0.2, -0.15) is 0 Å². The number of anilines is 1. The van der Waals surface area contributed by atoms with Gasteiger partial charge in [0.1, 0.15) is 12.1 Å². The van der Waals surface area contributed by atoms with Gasteiger partial charge in [-0.15, -0.1) is 11.3 Å². The number of fused-ring (bicyclic) bond motifs is 1. The van der Waals surface area contributed by atoms with Gasteiger partial charge in [-0.3, -0.25) is 0 Å². The van der Waals surface area contributed by atoms with Crippen LogP contribution in [-0.4, -0.2) is 16.5 Å². The molecule has 2 heterocycles. The minimum Gasteiger partial charge on any atom is -0.370 e. The fraction of sp³-hybridized carbons (Fsp3) is 0.143. The molecule has 3 rings (SSSR count). The molecule has 0 atom stereocenters. The summed E-state index contributed by atoms with van der Waals surface area (Å²) in [6.45, 7) is 0.882. The van der Waals surface area contributed by atoms with Crippen LogP contribution in [0, 0.1) is 0 Å². The average molecular weight is 255 g/mol. The van der Waals surface area contributed by atoms with E-state index in [1.165, 1.54) is 15.6 Å². The van der Waals surface area contributed by atoms with E-state index in [-0.39, 0.29) is 0 Å². The quantitative estimate of drug-likeness (QED) is 0.777. The first-order valence-corrected chi connectivity index (χ1v) is 6.76. The van der Waals surface area contributed by atoms with Crippen molar-refractivity contribution >= 4 is 27.2 Å². The maximum atomic E-state index is 4.13. The fourth-order valence-corrected chi connectivity index (χ4v) is 2.67. The molecular formula is C14H13N3S. The number of rotatable bonds is 4. The van der Waals surface area contributed by atoms with Gasteiger partial charge in [-0.05, 0) is 40.9 Å². The summed E-state index contributed by atoms with van der Waals surface area (Å²) >= 11 is 1.78. The monoisotopic (exact) mass is 255 g/mol. The van der Waals surface area contributed by atoms with Gasteiger partial charge >= 0.3 is 0 Å². The lowest BCUT2D eigenvalue weighted by Crippen LogP contribution is -2.06. The van der Waals surface area contributed by atoms with Crippen LogP contribution in [0.15, 0.2) is 48.2 Å². The van der Waals surface area contributed by atoms with Crippen molar-refractivity contribution in [2.75, 3.05) is 11.9 Å². The van der Waals surface area contributed by atoms with Crippen molar-refractivity contribution < 1.29 is 0 Å². The predicted octanol–water partition coefficient (Wildman–Crippen LogP) is 3.35. The molecule has 0 bridgehead atoms. The van der Waals surface area contributed by atoms with Crippen LogP contribution in [0.2, 0.25) is 0 Å². The van der Waals surface area contributed by atoms with E-state index in [1.54, 1.807) is 23.9 Å². The second kappa shape index (κ2) is 5.14. The van der Waals surface area contributed by atoms with E-state index in [0.29, 0.717) is 0 Å². The highest BCUT2D eigenvalue weighted by Gasteiger charge is 1.98. The molecule has 3 aromatic rings. The standard InChI is InChI=1S/C14H13N3S/c1-2-13-12(5-8-18-13)9-11(1)3-7-16-14-4-6-15-10-17-14/h1-2,4-6,8-10H,3,7H2,(H,15,16,17). The topological polar surface area (TPSA) is 37.8 Å². The SMILES string of the molecule is c1cc(NCCc2ccc3sccc3c2)ncn1. The van der Waals surface area contributed by atoms with E-state index < -0.39 is 0 Å². The first-order chi connectivity index (χ1) is 8.92. The number of nitrogens with zero attached hydrogens (tertiary/aromatic N) is 2. The number of aromatic nitrogens is 2. The van der Waals surface area contributed by atoms with Crippen LogP contribution in [0.5, 0.6) is 0 Å². The zero-order chi connectivity index (χ0) is 12.2. The van der Waals surface area contributed by atoms with E-state index in [0.717, 1.165) is 18.8 Å². The second-order valence-electron chi connectivity index (χ2n) is 4.06. The third-order valence-corrected chi connectivity index (χ3v) is 3.72.